The number of rotatable bonds is 9. The topological polar surface area (TPSA) is 42.0 Å². The predicted molar refractivity (Wildman–Crippen MR) is 106 cm³/mol. The van der Waals surface area contributed by atoms with E-state index in [1.54, 1.807) is 4.90 Å². The third kappa shape index (κ3) is 6.52. The normalized spacial score (nSPS) is 16.1. The minimum atomic E-state index is -0.289. The molecule has 0 bridgehead atoms. The second-order valence-electron chi connectivity index (χ2n) is 7.00. The lowest BCUT2D eigenvalue weighted by molar-refractivity contribution is 0.0788. The zero-order valence-electron chi connectivity index (χ0n) is 16.6. The molecule has 1 unspecified atom stereocenters. The Morgan fingerprint density at radius 2 is 2.00 bits per heavy atom. The average molecular weight is 363 g/mol. The molecule has 1 aliphatic rings. The van der Waals surface area contributed by atoms with Gasteiger partial charge in [0.25, 0.3) is 0 Å². The number of hydrogen-bond acceptors (Lipinski definition) is 4. The molecule has 146 valence electrons. The van der Waals surface area contributed by atoms with Crippen LogP contribution in [-0.4, -0.2) is 49.9 Å². The Bertz CT molecular complexity index is 544. The van der Waals surface area contributed by atoms with E-state index < -0.39 is 0 Å². The lowest BCUT2D eigenvalue weighted by Gasteiger charge is -2.30. The molecule has 0 radical (unpaired) electrons. The van der Waals surface area contributed by atoms with E-state index in [1.807, 2.05) is 38.1 Å². The van der Waals surface area contributed by atoms with Gasteiger partial charge in [0.15, 0.2) is 0 Å². The van der Waals surface area contributed by atoms with Crippen LogP contribution in [-0.2, 0) is 4.74 Å². The third-order valence-corrected chi connectivity index (χ3v) is 4.70. The Morgan fingerprint density at radius 1 is 1.23 bits per heavy atom. The van der Waals surface area contributed by atoms with Gasteiger partial charge < -0.3 is 9.47 Å². The summed E-state index contributed by atoms with van der Waals surface area (Å²) in [7, 11) is 0. The molecule has 0 spiro atoms. The number of benzene rings is 1. The van der Waals surface area contributed by atoms with Gasteiger partial charge in [-0.05, 0) is 58.3 Å². The summed E-state index contributed by atoms with van der Waals surface area (Å²) < 4.78 is 11.5. The lowest BCUT2D eigenvalue weighted by Crippen LogP contribution is -2.40. The van der Waals surface area contributed by atoms with Crippen LogP contribution in [0, 0.1) is 0 Å². The van der Waals surface area contributed by atoms with Crippen LogP contribution in [0.3, 0.4) is 0 Å². The SMILES string of the molecule is CCCCOc1cccc(N(CC)C(=O)OC(C)CN2CCCCC2)c1. The summed E-state index contributed by atoms with van der Waals surface area (Å²) in [6.07, 6.45) is 5.52. The molecule has 26 heavy (non-hydrogen) atoms. The second-order valence-corrected chi connectivity index (χ2v) is 7.00. The number of ether oxygens (including phenoxy) is 2. The van der Waals surface area contributed by atoms with Crippen molar-refractivity contribution in [2.45, 2.75) is 59.0 Å². The summed E-state index contributed by atoms with van der Waals surface area (Å²) in [5.41, 5.74) is 0.816. The Labute approximate surface area is 158 Å². The molecule has 1 aliphatic heterocycles. The van der Waals surface area contributed by atoms with Crippen LogP contribution in [0.5, 0.6) is 5.75 Å². The van der Waals surface area contributed by atoms with E-state index in [2.05, 4.69) is 11.8 Å². The van der Waals surface area contributed by atoms with E-state index in [0.717, 1.165) is 43.9 Å². The molecule has 1 aromatic carbocycles. The van der Waals surface area contributed by atoms with Crippen molar-refractivity contribution in [3.8, 4) is 5.75 Å². The van der Waals surface area contributed by atoms with Gasteiger partial charge in [0.1, 0.15) is 11.9 Å². The first-order chi connectivity index (χ1) is 12.6. The van der Waals surface area contributed by atoms with E-state index in [0.29, 0.717) is 13.2 Å². The van der Waals surface area contributed by atoms with Crippen molar-refractivity contribution in [3.63, 3.8) is 0 Å². The molecule has 1 heterocycles. The quantitative estimate of drug-likeness (QED) is 0.597. The van der Waals surface area contributed by atoms with Gasteiger partial charge in [-0.3, -0.25) is 9.80 Å². The van der Waals surface area contributed by atoms with Gasteiger partial charge in [0.2, 0.25) is 0 Å². The fraction of sp³-hybridized carbons (Fsp3) is 0.667. The minimum absolute atomic E-state index is 0.112. The number of carbonyl (C=O) groups excluding carboxylic acids is 1. The summed E-state index contributed by atoms with van der Waals surface area (Å²) in [5.74, 6) is 0.795. The highest BCUT2D eigenvalue weighted by Gasteiger charge is 2.21. The van der Waals surface area contributed by atoms with Crippen molar-refractivity contribution in [1.82, 2.24) is 4.90 Å². The van der Waals surface area contributed by atoms with Crippen molar-refractivity contribution < 1.29 is 14.3 Å². The third-order valence-electron chi connectivity index (χ3n) is 4.70. The second kappa shape index (κ2) is 11.1. The highest BCUT2D eigenvalue weighted by Crippen LogP contribution is 2.22. The van der Waals surface area contributed by atoms with E-state index >= 15 is 0 Å². The zero-order chi connectivity index (χ0) is 18.8. The Kier molecular flexibility index (Phi) is 8.75. The molecule has 0 aliphatic carbocycles. The van der Waals surface area contributed by atoms with E-state index in [1.165, 1.54) is 19.3 Å². The molecule has 1 amide bonds. The van der Waals surface area contributed by atoms with E-state index in [9.17, 15) is 4.79 Å². The predicted octanol–water partition coefficient (Wildman–Crippen LogP) is 4.70. The summed E-state index contributed by atoms with van der Waals surface area (Å²) in [5, 5.41) is 0. The number of nitrogens with zero attached hydrogens (tertiary/aromatic N) is 2. The zero-order valence-corrected chi connectivity index (χ0v) is 16.6. The lowest BCUT2D eigenvalue weighted by atomic mass is 10.1. The fourth-order valence-corrected chi connectivity index (χ4v) is 3.27. The molecule has 0 aromatic heterocycles. The summed E-state index contributed by atoms with van der Waals surface area (Å²) >= 11 is 0. The molecular weight excluding hydrogens is 328 g/mol. The Balaban J connectivity index is 1.91. The van der Waals surface area contributed by atoms with Crippen LogP contribution < -0.4 is 9.64 Å². The first-order valence-electron chi connectivity index (χ1n) is 10.1. The number of hydrogen-bond donors (Lipinski definition) is 0. The smallest absolute Gasteiger partial charge is 0.414 e. The minimum Gasteiger partial charge on any atom is -0.494 e. The largest absolute Gasteiger partial charge is 0.494 e. The first-order valence-corrected chi connectivity index (χ1v) is 10.1. The van der Waals surface area contributed by atoms with Gasteiger partial charge in [0, 0.05) is 19.2 Å². The van der Waals surface area contributed by atoms with Gasteiger partial charge in [-0.25, -0.2) is 4.79 Å². The van der Waals surface area contributed by atoms with Crippen LogP contribution >= 0.6 is 0 Å². The molecule has 5 heteroatoms. The summed E-state index contributed by atoms with van der Waals surface area (Å²) in [6.45, 7) is 10.4. The van der Waals surface area contributed by atoms with Crippen LogP contribution in [0.25, 0.3) is 0 Å². The van der Waals surface area contributed by atoms with Crippen LogP contribution in [0.2, 0.25) is 0 Å². The fourth-order valence-electron chi connectivity index (χ4n) is 3.27. The van der Waals surface area contributed by atoms with Crippen molar-refractivity contribution in [1.29, 1.82) is 0 Å². The molecule has 2 rings (SSSR count). The summed E-state index contributed by atoms with van der Waals surface area (Å²) in [4.78, 5) is 16.7. The first kappa shape index (κ1) is 20.6. The molecule has 1 atom stereocenters. The molecular formula is C21H34N2O3. The van der Waals surface area contributed by atoms with Gasteiger partial charge in [-0.2, -0.15) is 0 Å². The molecule has 0 N–H and O–H groups in total. The molecule has 1 aromatic rings. The monoisotopic (exact) mass is 362 g/mol. The van der Waals surface area contributed by atoms with Crippen LogP contribution in [0.1, 0.15) is 52.9 Å². The maximum absolute atomic E-state index is 12.6. The maximum Gasteiger partial charge on any atom is 0.414 e. The number of amides is 1. The van der Waals surface area contributed by atoms with Crippen molar-refractivity contribution >= 4 is 11.8 Å². The maximum atomic E-state index is 12.6. The molecule has 5 nitrogen and oxygen atoms in total. The van der Waals surface area contributed by atoms with Gasteiger partial charge in [-0.1, -0.05) is 25.8 Å². The van der Waals surface area contributed by atoms with Crippen molar-refractivity contribution in [3.05, 3.63) is 24.3 Å². The average Bonchev–Trinajstić information content (AvgIpc) is 2.63. The standard InChI is InChI=1S/C21H34N2O3/c1-4-6-15-25-20-12-10-11-19(16-20)23(5-2)21(24)26-18(3)17-22-13-8-7-9-14-22/h10-12,16,18H,4-9,13-15,17H2,1-3H3. The van der Waals surface area contributed by atoms with E-state index in [-0.39, 0.29) is 12.2 Å². The highest BCUT2D eigenvalue weighted by atomic mass is 16.6. The number of carbonyl (C=O) groups is 1. The number of piperidine rings is 1. The molecule has 1 fully saturated rings. The van der Waals surface area contributed by atoms with Crippen molar-refractivity contribution in [2.24, 2.45) is 0 Å². The van der Waals surface area contributed by atoms with Gasteiger partial charge in [0.05, 0.1) is 12.3 Å². The number of likely N-dealkylation sites (tertiary alicyclic amines) is 1. The molecule has 1 saturated heterocycles. The van der Waals surface area contributed by atoms with Crippen LogP contribution in [0.4, 0.5) is 10.5 Å². The summed E-state index contributed by atoms with van der Waals surface area (Å²) in [6, 6.07) is 7.68. The van der Waals surface area contributed by atoms with E-state index in [4.69, 9.17) is 9.47 Å². The molecule has 0 saturated carbocycles. The van der Waals surface area contributed by atoms with Crippen LogP contribution in [0.15, 0.2) is 24.3 Å². The van der Waals surface area contributed by atoms with Crippen molar-refractivity contribution in [2.75, 3.05) is 37.7 Å². The number of unbranched alkanes of at least 4 members (excludes halogenated alkanes) is 1. The Hall–Kier alpha value is -1.75. The highest BCUT2D eigenvalue weighted by molar-refractivity contribution is 5.87. The van der Waals surface area contributed by atoms with Gasteiger partial charge >= 0.3 is 6.09 Å². The number of anilines is 1. The van der Waals surface area contributed by atoms with Gasteiger partial charge in [-0.15, -0.1) is 0 Å². The Morgan fingerprint density at radius 3 is 2.69 bits per heavy atom.